The number of hydrogen-bond acceptors (Lipinski definition) is 5. The van der Waals surface area contributed by atoms with Gasteiger partial charge in [-0.1, -0.05) is 39.2 Å². The predicted octanol–water partition coefficient (Wildman–Crippen LogP) is 2.60. The van der Waals surface area contributed by atoms with Crippen molar-refractivity contribution in [1.29, 1.82) is 0 Å². The van der Waals surface area contributed by atoms with Crippen LogP contribution in [0.15, 0.2) is 18.2 Å². The van der Waals surface area contributed by atoms with Gasteiger partial charge in [0.1, 0.15) is 12.1 Å². The summed E-state index contributed by atoms with van der Waals surface area (Å²) in [6.07, 6.45) is 4.58. The van der Waals surface area contributed by atoms with E-state index < -0.39 is 17.5 Å². The van der Waals surface area contributed by atoms with Crippen molar-refractivity contribution < 1.29 is 23.9 Å². The monoisotopic (exact) mass is 417 g/mol. The van der Waals surface area contributed by atoms with Crippen molar-refractivity contribution in [3.8, 4) is 11.5 Å². The molecule has 0 spiro atoms. The van der Waals surface area contributed by atoms with E-state index in [9.17, 15) is 14.4 Å². The van der Waals surface area contributed by atoms with Crippen molar-refractivity contribution in [3.05, 3.63) is 23.8 Å². The molecule has 1 aromatic rings. The molecule has 2 aliphatic heterocycles. The molecule has 8 nitrogen and oxygen atoms in total. The Morgan fingerprint density at radius 3 is 2.77 bits per heavy atom. The molecule has 8 heteroatoms. The van der Waals surface area contributed by atoms with Crippen LogP contribution in [0, 0.1) is 5.92 Å². The Bertz CT molecular complexity index is 812. The average Bonchev–Trinajstić information content (AvgIpc) is 3.26. The molecule has 30 heavy (non-hydrogen) atoms. The summed E-state index contributed by atoms with van der Waals surface area (Å²) in [6.45, 7) is 6.38. The van der Waals surface area contributed by atoms with Gasteiger partial charge >= 0.3 is 6.03 Å². The van der Waals surface area contributed by atoms with Crippen LogP contribution in [0.25, 0.3) is 0 Å². The molecular formula is C22H31N3O5. The number of fused-ring (bicyclic) bond motifs is 1. The van der Waals surface area contributed by atoms with E-state index in [0.29, 0.717) is 30.4 Å². The van der Waals surface area contributed by atoms with Crippen molar-refractivity contribution in [1.82, 2.24) is 15.5 Å². The number of urea groups is 1. The van der Waals surface area contributed by atoms with Crippen molar-refractivity contribution in [2.75, 3.05) is 19.9 Å². The van der Waals surface area contributed by atoms with E-state index in [0.717, 1.165) is 36.1 Å². The van der Waals surface area contributed by atoms with Crippen molar-refractivity contribution in [3.63, 3.8) is 0 Å². The molecule has 0 radical (unpaired) electrons. The zero-order valence-electron chi connectivity index (χ0n) is 18.0. The normalized spacial score (nSPS) is 21.0. The molecule has 1 fully saturated rings. The lowest BCUT2D eigenvalue weighted by molar-refractivity contribution is -0.134. The largest absolute Gasteiger partial charge is 0.454 e. The average molecular weight is 418 g/mol. The minimum Gasteiger partial charge on any atom is -0.454 e. The molecular weight excluding hydrogens is 386 g/mol. The number of benzene rings is 1. The highest BCUT2D eigenvalue weighted by Crippen LogP contribution is 2.34. The van der Waals surface area contributed by atoms with Gasteiger partial charge in [0, 0.05) is 13.0 Å². The van der Waals surface area contributed by atoms with E-state index in [-0.39, 0.29) is 19.2 Å². The number of nitrogens with one attached hydrogen (secondary N) is 2. The van der Waals surface area contributed by atoms with Crippen LogP contribution in [0.1, 0.15) is 52.0 Å². The van der Waals surface area contributed by atoms with Crippen LogP contribution in [0.4, 0.5) is 4.79 Å². The summed E-state index contributed by atoms with van der Waals surface area (Å²) in [5, 5.41) is 5.61. The zero-order chi connectivity index (χ0) is 21.7. The number of rotatable bonds is 10. The molecule has 1 aromatic carbocycles. The van der Waals surface area contributed by atoms with Crippen LogP contribution >= 0.6 is 0 Å². The van der Waals surface area contributed by atoms with Crippen LogP contribution in [-0.2, 0) is 16.0 Å². The Balaban J connectivity index is 1.57. The lowest BCUT2D eigenvalue weighted by Gasteiger charge is -2.22. The summed E-state index contributed by atoms with van der Waals surface area (Å²) in [5.74, 6) is 0.971. The molecule has 0 bridgehead atoms. The fourth-order valence-electron chi connectivity index (χ4n) is 3.87. The first kappa shape index (κ1) is 21.9. The van der Waals surface area contributed by atoms with Crippen molar-refractivity contribution >= 4 is 17.8 Å². The SMILES string of the molecule is CCCC[C@@H](CC)CNC(=O)CN1C(=O)N[C@@](C)(Cc2ccc3c(c2)OCO3)C1=O. The molecule has 0 aliphatic carbocycles. The van der Waals surface area contributed by atoms with Crippen molar-refractivity contribution in [2.24, 2.45) is 5.92 Å². The van der Waals surface area contributed by atoms with Gasteiger partial charge < -0.3 is 20.1 Å². The summed E-state index contributed by atoms with van der Waals surface area (Å²) >= 11 is 0. The third kappa shape index (κ3) is 4.86. The summed E-state index contributed by atoms with van der Waals surface area (Å²) in [4.78, 5) is 38.7. The van der Waals surface area contributed by atoms with Gasteiger partial charge in [-0.3, -0.25) is 14.5 Å². The summed E-state index contributed by atoms with van der Waals surface area (Å²) in [7, 11) is 0. The van der Waals surface area contributed by atoms with E-state index in [1.54, 1.807) is 13.0 Å². The van der Waals surface area contributed by atoms with Gasteiger partial charge in [-0.25, -0.2) is 4.79 Å². The maximum absolute atomic E-state index is 13.0. The highest BCUT2D eigenvalue weighted by Gasteiger charge is 2.48. The number of carbonyl (C=O) groups excluding carboxylic acids is 3. The second kappa shape index (κ2) is 9.36. The van der Waals surface area contributed by atoms with Gasteiger partial charge in [0.2, 0.25) is 12.7 Å². The first-order valence-corrected chi connectivity index (χ1v) is 10.7. The van der Waals surface area contributed by atoms with Crippen molar-refractivity contribution in [2.45, 2.75) is 58.4 Å². The van der Waals surface area contributed by atoms with Crippen LogP contribution in [0.2, 0.25) is 0 Å². The lowest BCUT2D eigenvalue weighted by Crippen LogP contribution is -2.47. The molecule has 2 heterocycles. The highest BCUT2D eigenvalue weighted by atomic mass is 16.7. The summed E-state index contributed by atoms with van der Waals surface area (Å²) in [6, 6.07) is 4.89. The number of unbranched alkanes of at least 4 members (excludes halogenated alkanes) is 1. The number of nitrogens with zero attached hydrogens (tertiary/aromatic N) is 1. The maximum Gasteiger partial charge on any atom is 0.325 e. The van der Waals surface area contributed by atoms with Gasteiger partial charge in [-0.15, -0.1) is 0 Å². The molecule has 4 amide bonds. The maximum atomic E-state index is 13.0. The van der Waals surface area contributed by atoms with Gasteiger partial charge in [-0.2, -0.15) is 0 Å². The van der Waals surface area contributed by atoms with Crippen LogP contribution in [0.5, 0.6) is 11.5 Å². The molecule has 3 rings (SSSR count). The van der Waals surface area contributed by atoms with Gasteiger partial charge in [0.15, 0.2) is 11.5 Å². The van der Waals surface area contributed by atoms with Gasteiger partial charge in [0.25, 0.3) is 5.91 Å². The first-order chi connectivity index (χ1) is 14.4. The third-order valence-electron chi connectivity index (χ3n) is 5.77. The third-order valence-corrected chi connectivity index (χ3v) is 5.77. The summed E-state index contributed by atoms with van der Waals surface area (Å²) in [5.41, 5.74) is -0.276. The van der Waals surface area contributed by atoms with E-state index in [1.807, 2.05) is 12.1 Å². The first-order valence-electron chi connectivity index (χ1n) is 10.7. The van der Waals surface area contributed by atoms with Gasteiger partial charge in [-0.05, 0) is 37.0 Å². The number of imide groups is 1. The standard InChI is InChI=1S/C22H31N3O5/c1-4-6-7-15(5-2)12-23-19(26)13-25-20(27)22(3,24-21(25)28)11-16-8-9-17-18(10-16)30-14-29-17/h8-10,15H,4-7,11-14H2,1-3H3,(H,23,26)(H,24,28)/t15-,22+/m1/s1. The molecule has 2 aliphatic rings. The molecule has 2 N–H and O–H groups in total. The Morgan fingerprint density at radius 1 is 1.27 bits per heavy atom. The fraction of sp³-hybridized carbons (Fsp3) is 0.591. The Labute approximate surface area is 177 Å². The lowest BCUT2D eigenvalue weighted by atomic mass is 9.92. The Hall–Kier alpha value is -2.77. The minimum absolute atomic E-state index is 0.173. The van der Waals surface area contributed by atoms with Crippen LogP contribution in [-0.4, -0.2) is 48.2 Å². The molecule has 2 atom stereocenters. The number of carbonyl (C=O) groups is 3. The zero-order valence-corrected chi connectivity index (χ0v) is 18.0. The molecule has 0 unspecified atom stereocenters. The smallest absolute Gasteiger partial charge is 0.325 e. The molecule has 1 saturated heterocycles. The van der Waals surface area contributed by atoms with Crippen LogP contribution in [0.3, 0.4) is 0 Å². The fourth-order valence-corrected chi connectivity index (χ4v) is 3.87. The quantitative estimate of drug-likeness (QED) is 0.571. The summed E-state index contributed by atoms with van der Waals surface area (Å²) < 4.78 is 10.7. The molecule has 164 valence electrons. The second-order valence-corrected chi connectivity index (χ2v) is 8.24. The second-order valence-electron chi connectivity index (χ2n) is 8.24. The molecule has 0 aromatic heterocycles. The van der Waals surface area contributed by atoms with Crippen LogP contribution < -0.4 is 20.1 Å². The number of amides is 4. The van der Waals surface area contributed by atoms with E-state index >= 15 is 0 Å². The van der Waals surface area contributed by atoms with E-state index in [1.165, 1.54) is 0 Å². The topological polar surface area (TPSA) is 97.0 Å². The highest BCUT2D eigenvalue weighted by molar-refractivity contribution is 6.08. The number of ether oxygens (including phenoxy) is 2. The predicted molar refractivity (Wildman–Crippen MR) is 111 cm³/mol. The Morgan fingerprint density at radius 2 is 2.03 bits per heavy atom. The Kier molecular flexibility index (Phi) is 6.84. The van der Waals surface area contributed by atoms with E-state index in [4.69, 9.17) is 9.47 Å². The number of hydrogen-bond donors (Lipinski definition) is 2. The van der Waals surface area contributed by atoms with Gasteiger partial charge in [0.05, 0.1) is 0 Å². The molecule has 0 saturated carbocycles. The van der Waals surface area contributed by atoms with E-state index in [2.05, 4.69) is 24.5 Å². The minimum atomic E-state index is -1.11.